The van der Waals surface area contributed by atoms with E-state index in [-0.39, 0.29) is 23.6 Å². The van der Waals surface area contributed by atoms with Gasteiger partial charge in [-0.15, -0.1) is 0 Å². The Morgan fingerprint density at radius 1 is 1.52 bits per heavy atom. The maximum atomic E-state index is 11.8. The lowest BCUT2D eigenvalue weighted by molar-refractivity contribution is -0.122. The standard InChI is InChI=1S/C17H26N2O2/c1-5-16(20)19-14-10-17(4,6-2)21-15-8-7-12(11(3)18)9-13(14)15/h7-9,11,14H,5-6,10,18H2,1-4H3,(H,19,20). The Bertz CT molecular complexity index is 528. The van der Waals surface area contributed by atoms with Crippen molar-refractivity contribution in [2.24, 2.45) is 5.73 Å². The van der Waals surface area contributed by atoms with Gasteiger partial charge < -0.3 is 15.8 Å². The van der Waals surface area contributed by atoms with Crippen LogP contribution in [0.3, 0.4) is 0 Å². The molecule has 0 fully saturated rings. The van der Waals surface area contributed by atoms with E-state index in [9.17, 15) is 4.79 Å². The molecule has 0 spiro atoms. The predicted molar refractivity (Wildman–Crippen MR) is 84.2 cm³/mol. The van der Waals surface area contributed by atoms with Gasteiger partial charge in [0.15, 0.2) is 0 Å². The normalized spacial score (nSPS) is 25.7. The van der Waals surface area contributed by atoms with Gasteiger partial charge in [0.2, 0.25) is 5.91 Å². The van der Waals surface area contributed by atoms with E-state index >= 15 is 0 Å². The maximum Gasteiger partial charge on any atom is 0.220 e. The van der Waals surface area contributed by atoms with Crippen LogP contribution in [0.15, 0.2) is 18.2 Å². The zero-order valence-corrected chi connectivity index (χ0v) is 13.4. The Hall–Kier alpha value is -1.55. The van der Waals surface area contributed by atoms with Crippen LogP contribution in [-0.2, 0) is 4.79 Å². The summed E-state index contributed by atoms with van der Waals surface area (Å²) in [5.41, 5.74) is 7.83. The third-order valence-electron chi connectivity index (χ3n) is 4.33. The molecule has 1 amide bonds. The summed E-state index contributed by atoms with van der Waals surface area (Å²) in [4.78, 5) is 11.8. The smallest absolute Gasteiger partial charge is 0.220 e. The lowest BCUT2D eigenvalue weighted by atomic mass is 9.85. The predicted octanol–water partition coefficient (Wildman–Crippen LogP) is 3.22. The first kappa shape index (κ1) is 15.8. The molecule has 1 aromatic carbocycles. The molecule has 116 valence electrons. The van der Waals surface area contributed by atoms with Crippen molar-refractivity contribution in [1.29, 1.82) is 0 Å². The number of carbonyl (C=O) groups excluding carboxylic acids is 1. The largest absolute Gasteiger partial charge is 0.487 e. The molecule has 0 aromatic heterocycles. The molecule has 0 radical (unpaired) electrons. The van der Waals surface area contributed by atoms with Gasteiger partial charge in [0.25, 0.3) is 0 Å². The summed E-state index contributed by atoms with van der Waals surface area (Å²) in [6.07, 6.45) is 2.17. The number of hydrogen-bond acceptors (Lipinski definition) is 3. The summed E-state index contributed by atoms with van der Waals surface area (Å²) in [5, 5.41) is 3.12. The van der Waals surface area contributed by atoms with Crippen molar-refractivity contribution in [3.63, 3.8) is 0 Å². The van der Waals surface area contributed by atoms with Crippen LogP contribution in [0.5, 0.6) is 5.75 Å². The molecular weight excluding hydrogens is 264 g/mol. The van der Waals surface area contributed by atoms with Crippen molar-refractivity contribution in [3.05, 3.63) is 29.3 Å². The monoisotopic (exact) mass is 290 g/mol. The average Bonchev–Trinajstić information content (AvgIpc) is 2.46. The van der Waals surface area contributed by atoms with Crippen molar-refractivity contribution in [2.45, 2.75) is 64.6 Å². The highest BCUT2D eigenvalue weighted by atomic mass is 16.5. The van der Waals surface area contributed by atoms with E-state index in [1.165, 1.54) is 0 Å². The fourth-order valence-corrected chi connectivity index (χ4v) is 2.71. The van der Waals surface area contributed by atoms with E-state index in [0.717, 1.165) is 29.7 Å². The van der Waals surface area contributed by atoms with Crippen LogP contribution in [-0.4, -0.2) is 11.5 Å². The Kier molecular flexibility index (Phi) is 4.57. The Balaban J connectivity index is 2.40. The number of carbonyl (C=O) groups is 1. The van der Waals surface area contributed by atoms with Crippen LogP contribution < -0.4 is 15.8 Å². The van der Waals surface area contributed by atoms with E-state index in [1.807, 2.05) is 26.0 Å². The highest BCUT2D eigenvalue weighted by Gasteiger charge is 2.36. The first-order valence-corrected chi connectivity index (χ1v) is 7.76. The summed E-state index contributed by atoms with van der Waals surface area (Å²) in [5.74, 6) is 0.925. The molecule has 1 aliphatic rings. The zero-order chi connectivity index (χ0) is 15.6. The summed E-state index contributed by atoms with van der Waals surface area (Å²) in [7, 11) is 0. The molecule has 4 heteroatoms. The summed E-state index contributed by atoms with van der Waals surface area (Å²) >= 11 is 0. The highest BCUT2D eigenvalue weighted by Crippen LogP contribution is 2.41. The minimum Gasteiger partial charge on any atom is -0.487 e. The van der Waals surface area contributed by atoms with Crippen LogP contribution >= 0.6 is 0 Å². The van der Waals surface area contributed by atoms with Crippen LogP contribution in [0.4, 0.5) is 0 Å². The van der Waals surface area contributed by atoms with Gasteiger partial charge in [0.1, 0.15) is 11.4 Å². The molecule has 0 aliphatic carbocycles. The number of fused-ring (bicyclic) bond motifs is 1. The summed E-state index contributed by atoms with van der Waals surface area (Å²) in [6, 6.07) is 6.01. The molecule has 0 bridgehead atoms. The van der Waals surface area contributed by atoms with E-state index in [2.05, 4.69) is 25.2 Å². The number of nitrogens with one attached hydrogen (secondary N) is 1. The SMILES string of the molecule is CCC(=O)NC1CC(C)(CC)Oc2ccc(C(C)N)cc21. The number of nitrogens with two attached hydrogens (primary N) is 1. The van der Waals surface area contributed by atoms with Gasteiger partial charge in [0.05, 0.1) is 6.04 Å². The molecule has 1 aliphatic heterocycles. The van der Waals surface area contributed by atoms with Crippen molar-refractivity contribution < 1.29 is 9.53 Å². The van der Waals surface area contributed by atoms with Gasteiger partial charge in [-0.25, -0.2) is 0 Å². The molecule has 3 atom stereocenters. The van der Waals surface area contributed by atoms with E-state index < -0.39 is 0 Å². The van der Waals surface area contributed by atoms with E-state index in [1.54, 1.807) is 0 Å². The van der Waals surface area contributed by atoms with Crippen molar-refractivity contribution in [3.8, 4) is 5.75 Å². The first-order valence-electron chi connectivity index (χ1n) is 7.76. The minimum atomic E-state index is -0.242. The lowest BCUT2D eigenvalue weighted by Gasteiger charge is -2.40. The molecule has 0 saturated heterocycles. The van der Waals surface area contributed by atoms with Gasteiger partial charge in [-0.05, 0) is 38.0 Å². The Morgan fingerprint density at radius 2 is 2.24 bits per heavy atom. The van der Waals surface area contributed by atoms with Crippen molar-refractivity contribution in [2.75, 3.05) is 0 Å². The Morgan fingerprint density at radius 3 is 2.81 bits per heavy atom. The quantitative estimate of drug-likeness (QED) is 0.895. The minimum absolute atomic E-state index is 0.00940. The molecular formula is C17H26N2O2. The van der Waals surface area contributed by atoms with Crippen LogP contribution in [0.25, 0.3) is 0 Å². The molecule has 1 aromatic rings. The van der Waals surface area contributed by atoms with Crippen LogP contribution in [0.2, 0.25) is 0 Å². The number of hydrogen-bond donors (Lipinski definition) is 2. The summed E-state index contributed by atoms with van der Waals surface area (Å²) < 4.78 is 6.16. The number of rotatable bonds is 4. The van der Waals surface area contributed by atoms with Gasteiger partial charge >= 0.3 is 0 Å². The maximum absolute atomic E-state index is 11.8. The second-order valence-corrected chi connectivity index (χ2v) is 6.17. The third-order valence-corrected chi connectivity index (χ3v) is 4.33. The molecule has 1 heterocycles. The van der Waals surface area contributed by atoms with Gasteiger partial charge in [-0.3, -0.25) is 4.79 Å². The topological polar surface area (TPSA) is 64.3 Å². The van der Waals surface area contributed by atoms with Crippen LogP contribution in [0, 0.1) is 0 Å². The summed E-state index contributed by atoms with van der Waals surface area (Å²) in [6.45, 7) is 8.04. The number of amides is 1. The molecule has 3 unspecified atom stereocenters. The lowest BCUT2D eigenvalue weighted by Crippen LogP contribution is -2.42. The second kappa shape index (κ2) is 6.06. The fraction of sp³-hybridized carbons (Fsp3) is 0.588. The molecule has 0 saturated carbocycles. The fourth-order valence-electron chi connectivity index (χ4n) is 2.71. The second-order valence-electron chi connectivity index (χ2n) is 6.17. The number of benzene rings is 1. The third kappa shape index (κ3) is 3.38. The van der Waals surface area contributed by atoms with Gasteiger partial charge in [0, 0.05) is 24.4 Å². The highest BCUT2D eigenvalue weighted by molar-refractivity contribution is 5.76. The average molecular weight is 290 g/mol. The van der Waals surface area contributed by atoms with E-state index in [0.29, 0.717) is 6.42 Å². The zero-order valence-electron chi connectivity index (χ0n) is 13.4. The number of ether oxygens (including phenoxy) is 1. The van der Waals surface area contributed by atoms with Crippen molar-refractivity contribution >= 4 is 5.91 Å². The van der Waals surface area contributed by atoms with Gasteiger partial charge in [-0.1, -0.05) is 19.9 Å². The van der Waals surface area contributed by atoms with Gasteiger partial charge in [-0.2, -0.15) is 0 Å². The molecule has 21 heavy (non-hydrogen) atoms. The molecule has 4 nitrogen and oxygen atoms in total. The van der Waals surface area contributed by atoms with Crippen LogP contribution in [0.1, 0.15) is 70.2 Å². The molecule has 2 rings (SSSR count). The van der Waals surface area contributed by atoms with Crippen molar-refractivity contribution in [1.82, 2.24) is 5.32 Å². The molecule has 3 N–H and O–H groups in total. The van der Waals surface area contributed by atoms with E-state index in [4.69, 9.17) is 10.5 Å². The Labute approximate surface area is 127 Å². The first-order chi connectivity index (χ1) is 9.88.